The fourth-order valence-electron chi connectivity index (χ4n) is 1.46. The maximum absolute atomic E-state index is 11.8. The Hall–Kier alpha value is -1.61. The molecule has 1 amide bonds. The molecule has 0 radical (unpaired) electrons. The molecule has 0 aliphatic rings. The van der Waals surface area contributed by atoms with E-state index in [2.05, 4.69) is 17.2 Å². The summed E-state index contributed by atoms with van der Waals surface area (Å²) < 4.78 is 0. The molecule has 0 atom stereocenters. The van der Waals surface area contributed by atoms with Gasteiger partial charge in [0.05, 0.1) is 13.2 Å². The van der Waals surface area contributed by atoms with Crippen molar-refractivity contribution in [1.82, 2.24) is 5.32 Å². The maximum Gasteiger partial charge on any atom is 0.252 e. The summed E-state index contributed by atoms with van der Waals surface area (Å²) >= 11 is 3.07. The minimum Gasteiger partial charge on any atom is -0.395 e. The lowest BCUT2D eigenvalue weighted by Gasteiger charge is -2.02. The molecule has 2 N–H and O–H groups in total. The molecule has 3 nitrogen and oxygen atoms in total. The van der Waals surface area contributed by atoms with E-state index < -0.39 is 0 Å². The second kappa shape index (κ2) is 7.10. The third-order valence-electron chi connectivity index (χ3n) is 2.40. The van der Waals surface area contributed by atoms with Crippen LogP contribution in [0.5, 0.6) is 0 Å². The molecule has 2 rings (SSSR count). The van der Waals surface area contributed by atoms with Crippen LogP contribution in [-0.4, -0.2) is 17.6 Å². The third kappa shape index (κ3) is 3.93. The van der Waals surface area contributed by atoms with Gasteiger partial charge in [0.15, 0.2) is 0 Å². The molecule has 98 valence electrons. The van der Waals surface area contributed by atoms with Crippen LogP contribution in [0.3, 0.4) is 0 Å². The summed E-state index contributed by atoms with van der Waals surface area (Å²) in [6, 6.07) is 3.73. The predicted octanol–water partition coefficient (Wildman–Crippen LogP) is 2.47. The number of carbonyl (C=O) groups is 1. The average Bonchev–Trinajstić information content (AvgIpc) is 3.08. The lowest BCUT2D eigenvalue weighted by Crippen LogP contribution is -2.22. The molecule has 0 saturated carbocycles. The highest BCUT2D eigenvalue weighted by Gasteiger charge is 2.07. The first-order chi connectivity index (χ1) is 9.31. The number of hydrogen-bond donors (Lipinski definition) is 2. The van der Waals surface area contributed by atoms with Crippen molar-refractivity contribution >= 4 is 28.6 Å². The van der Waals surface area contributed by atoms with Gasteiger partial charge in [0, 0.05) is 27.8 Å². The van der Waals surface area contributed by atoms with Crippen LogP contribution in [0, 0.1) is 11.8 Å². The van der Waals surface area contributed by atoms with Crippen LogP contribution in [-0.2, 0) is 6.54 Å². The summed E-state index contributed by atoms with van der Waals surface area (Å²) in [7, 11) is 0. The summed E-state index contributed by atoms with van der Waals surface area (Å²) in [5.74, 6) is 5.83. The Bertz CT molecular complexity index is 590. The number of carbonyl (C=O) groups excluding carboxylic acids is 1. The van der Waals surface area contributed by atoms with E-state index in [1.165, 1.54) is 11.3 Å². The lowest BCUT2D eigenvalue weighted by molar-refractivity contribution is 0.0952. The van der Waals surface area contributed by atoms with Crippen molar-refractivity contribution < 1.29 is 9.90 Å². The van der Waals surface area contributed by atoms with Gasteiger partial charge in [0.25, 0.3) is 5.91 Å². The summed E-state index contributed by atoms with van der Waals surface area (Å²) in [6.45, 7) is 0.552. The number of rotatable bonds is 4. The van der Waals surface area contributed by atoms with Crippen LogP contribution in [0.4, 0.5) is 0 Å². The zero-order valence-corrected chi connectivity index (χ0v) is 11.8. The first-order valence-corrected chi connectivity index (χ1v) is 7.60. The van der Waals surface area contributed by atoms with Gasteiger partial charge >= 0.3 is 0 Å². The maximum atomic E-state index is 11.8. The smallest absolute Gasteiger partial charge is 0.252 e. The van der Waals surface area contributed by atoms with Crippen molar-refractivity contribution in [2.75, 3.05) is 6.61 Å². The van der Waals surface area contributed by atoms with Crippen LogP contribution in [0.1, 0.15) is 27.2 Å². The SMILES string of the molecule is O=C(NCc1sccc1C#CCCO)c1ccsc1. The van der Waals surface area contributed by atoms with Crippen molar-refractivity contribution in [2.45, 2.75) is 13.0 Å². The zero-order chi connectivity index (χ0) is 13.5. The molecule has 0 aliphatic carbocycles. The van der Waals surface area contributed by atoms with Gasteiger partial charge in [0.1, 0.15) is 0 Å². The average molecular weight is 291 g/mol. The van der Waals surface area contributed by atoms with Crippen molar-refractivity contribution in [2.24, 2.45) is 0 Å². The van der Waals surface area contributed by atoms with Crippen molar-refractivity contribution in [3.8, 4) is 11.8 Å². The van der Waals surface area contributed by atoms with E-state index in [9.17, 15) is 4.79 Å². The number of thiophene rings is 2. The molecule has 2 heterocycles. The molecule has 0 spiro atoms. The van der Waals surface area contributed by atoms with Crippen molar-refractivity contribution in [1.29, 1.82) is 0 Å². The van der Waals surface area contributed by atoms with Gasteiger partial charge in [-0.3, -0.25) is 4.79 Å². The van der Waals surface area contributed by atoms with Crippen LogP contribution in [0.25, 0.3) is 0 Å². The molecule has 19 heavy (non-hydrogen) atoms. The fourth-order valence-corrected chi connectivity index (χ4v) is 2.86. The molecule has 0 saturated heterocycles. The highest BCUT2D eigenvalue weighted by Crippen LogP contribution is 2.16. The Labute approximate surface area is 119 Å². The van der Waals surface area contributed by atoms with Gasteiger partial charge < -0.3 is 10.4 Å². The van der Waals surface area contributed by atoms with Gasteiger partial charge in [-0.05, 0) is 22.9 Å². The van der Waals surface area contributed by atoms with Crippen molar-refractivity contribution in [3.05, 3.63) is 44.3 Å². The Morgan fingerprint density at radius 1 is 1.37 bits per heavy atom. The molecule has 0 bridgehead atoms. The Morgan fingerprint density at radius 3 is 3.00 bits per heavy atom. The minimum atomic E-state index is -0.0658. The third-order valence-corrected chi connectivity index (χ3v) is 4.00. The quantitative estimate of drug-likeness (QED) is 0.850. The monoisotopic (exact) mass is 291 g/mol. The topological polar surface area (TPSA) is 49.3 Å². The summed E-state index contributed by atoms with van der Waals surface area (Å²) in [5, 5.41) is 17.2. The number of nitrogens with one attached hydrogen (secondary N) is 1. The largest absolute Gasteiger partial charge is 0.395 e. The molecule has 0 fully saturated rings. The van der Waals surface area contributed by atoms with E-state index >= 15 is 0 Å². The molecule has 0 aliphatic heterocycles. The second-order valence-corrected chi connectivity index (χ2v) is 5.51. The van der Waals surface area contributed by atoms with Gasteiger partial charge in [-0.25, -0.2) is 0 Å². The van der Waals surface area contributed by atoms with E-state index in [4.69, 9.17) is 5.11 Å². The van der Waals surface area contributed by atoms with E-state index in [1.54, 1.807) is 17.4 Å². The van der Waals surface area contributed by atoms with Gasteiger partial charge in [-0.2, -0.15) is 11.3 Å². The number of aliphatic hydroxyl groups excluding tert-OH is 1. The van der Waals surface area contributed by atoms with E-state index in [0.29, 0.717) is 18.5 Å². The molecule has 0 aromatic carbocycles. The fraction of sp³-hybridized carbons (Fsp3) is 0.214. The molecular formula is C14H13NO2S2. The van der Waals surface area contributed by atoms with E-state index in [-0.39, 0.29) is 12.5 Å². The van der Waals surface area contributed by atoms with E-state index in [1.807, 2.05) is 22.2 Å². The molecule has 2 aromatic heterocycles. The van der Waals surface area contributed by atoms with Gasteiger partial charge in [-0.15, -0.1) is 11.3 Å². The number of amides is 1. The normalized spacial score (nSPS) is 9.74. The van der Waals surface area contributed by atoms with Crippen LogP contribution in [0.15, 0.2) is 28.3 Å². The van der Waals surface area contributed by atoms with Crippen LogP contribution in [0.2, 0.25) is 0 Å². The molecule has 0 unspecified atom stereocenters. The van der Waals surface area contributed by atoms with E-state index in [0.717, 1.165) is 10.4 Å². The lowest BCUT2D eigenvalue weighted by atomic mass is 10.2. The second-order valence-electron chi connectivity index (χ2n) is 3.73. The number of hydrogen-bond acceptors (Lipinski definition) is 4. The first-order valence-electron chi connectivity index (χ1n) is 5.77. The summed E-state index contributed by atoms with van der Waals surface area (Å²) in [5.41, 5.74) is 1.61. The Balaban J connectivity index is 1.95. The first kappa shape index (κ1) is 13.8. The van der Waals surface area contributed by atoms with Gasteiger partial charge in [-0.1, -0.05) is 11.8 Å². The summed E-state index contributed by atoms with van der Waals surface area (Å²) in [6.07, 6.45) is 0.469. The molecule has 2 aromatic rings. The highest BCUT2D eigenvalue weighted by atomic mass is 32.1. The van der Waals surface area contributed by atoms with Gasteiger partial charge in [0.2, 0.25) is 0 Å². The highest BCUT2D eigenvalue weighted by molar-refractivity contribution is 7.10. The predicted molar refractivity (Wildman–Crippen MR) is 78.4 cm³/mol. The molecule has 5 heteroatoms. The van der Waals surface area contributed by atoms with Crippen LogP contribution < -0.4 is 5.32 Å². The minimum absolute atomic E-state index is 0.0658. The Morgan fingerprint density at radius 2 is 2.26 bits per heavy atom. The van der Waals surface area contributed by atoms with Crippen molar-refractivity contribution in [3.63, 3.8) is 0 Å². The Kier molecular flexibility index (Phi) is 5.16. The number of aliphatic hydroxyl groups is 1. The molecular weight excluding hydrogens is 278 g/mol. The zero-order valence-electron chi connectivity index (χ0n) is 10.2. The summed E-state index contributed by atoms with van der Waals surface area (Å²) in [4.78, 5) is 12.8. The standard InChI is InChI=1S/C14H13NO2S2/c16-6-2-1-3-11-5-8-19-13(11)9-15-14(17)12-4-7-18-10-12/h4-5,7-8,10,16H,2,6,9H2,(H,15,17). The van der Waals surface area contributed by atoms with Crippen LogP contribution >= 0.6 is 22.7 Å².